The summed E-state index contributed by atoms with van der Waals surface area (Å²) in [6, 6.07) is 8.22. The molecular weight excluding hydrogens is 246 g/mol. The third-order valence-corrected chi connectivity index (χ3v) is 4.93. The molecule has 2 rings (SSSR count). The smallest absolute Gasteiger partial charge is 0.0545 e. The molecule has 1 aliphatic rings. The molecular formula is C14H21NO2S. The molecule has 1 aromatic rings. The van der Waals surface area contributed by atoms with Gasteiger partial charge in [0.05, 0.1) is 17.4 Å². The van der Waals surface area contributed by atoms with Crippen LogP contribution in [-0.4, -0.2) is 36.3 Å². The Morgan fingerprint density at radius 3 is 3.00 bits per heavy atom. The molecule has 0 bridgehead atoms. The van der Waals surface area contributed by atoms with E-state index in [1.54, 1.807) is 0 Å². The van der Waals surface area contributed by atoms with Crippen LogP contribution in [0.3, 0.4) is 0 Å². The lowest BCUT2D eigenvalue weighted by molar-refractivity contribution is 0.179. The van der Waals surface area contributed by atoms with Crippen LogP contribution < -0.4 is 5.32 Å². The molecule has 0 aliphatic carbocycles. The molecule has 1 aromatic carbocycles. The average Bonchev–Trinajstić information content (AvgIpc) is 2.89. The van der Waals surface area contributed by atoms with E-state index in [0.29, 0.717) is 11.7 Å². The van der Waals surface area contributed by atoms with Crippen molar-refractivity contribution in [3.05, 3.63) is 29.8 Å². The quantitative estimate of drug-likeness (QED) is 0.883. The van der Waals surface area contributed by atoms with Gasteiger partial charge in [-0.3, -0.25) is 4.21 Å². The first-order valence-electron chi connectivity index (χ1n) is 6.40. The molecule has 0 amide bonds. The zero-order valence-corrected chi connectivity index (χ0v) is 11.8. The summed E-state index contributed by atoms with van der Waals surface area (Å²) in [7, 11) is 1.00. The number of benzene rings is 1. The second-order valence-electron chi connectivity index (χ2n) is 4.85. The summed E-state index contributed by atoms with van der Waals surface area (Å²) in [6.45, 7) is 3.65. The summed E-state index contributed by atoms with van der Waals surface area (Å²) in [4.78, 5) is 0.925. The number of ether oxygens (including phenoxy) is 1. The maximum Gasteiger partial charge on any atom is 0.0545 e. The van der Waals surface area contributed by atoms with E-state index >= 15 is 0 Å². The van der Waals surface area contributed by atoms with E-state index in [0.717, 1.165) is 30.1 Å². The summed E-state index contributed by atoms with van der Waals surface area (Å²) in [6.07, 6.45) is 1.07. The molecule has 3 nitrogen and oxygen atoms in total. The highest BCUT2D eigenvalue weighted by Crippen LogP contribution is 2.19. The molecule has 100 valence electrons. The highest BCUT2D eigenvalue weighted by molar-refractivity contribution is 7.85. The summed E-state index contributed by atoms with van der Waals surface area (Å²) in [5.74, 6) is 1.15. The van der Waals surface area contributed by atoms with E-state index in [4.69, 9.17) is 4.74 Å². The van der Waals surface area contributed by atoms with Gasteiger partial charge in [0.25, 0.3) is 0 Å². The van der Waals surface area contributed by atoms with Gasteiger partial charge in [-0.15, -0.1) is 0 Å². The molecule has 1 aliphatic heterocycles. The lowest BCUT2D eigenvalue weighted by Gasteiger charge is -2.21. The topological polar surface area (TPSA) is 38.3 Å². The monoisotopic (exact) mass is 267 g/mol. The highest BCUT2D eigenvalue weighted by atomic mass is 32.2. The van der Waals surface area contributed by atoms with Gasteiger partial charge in [-0.2, -0.15) is 0 Å². The van der Waals surface area contributed by atoms with Crippen LogP contribution in [0.4, 0.5) is 0 Å². The lowest BCUT2D eigenvalue weighted by atomic mass is 10.0. The molecule has 1 N–H and O–H groups in total. The first-order chi connectivity index (χ1) is 8.70. The molecule has 3 atom stereocenters. The Balaban J connectivity index is 2.00. The van der Waals surface area contributed by atoms with Crippen LogP contribution in [-0.2, 0) is 15.5 Å². The SMILES string of the molecule is CNC(CS(=O)c1cccc(C)c1)C1CCOC1. The molecule has 3 unspecified atom stereocenters. The normalized spacial score (nSPS) is 22.9. The molecule has 1 heterocycles. The summed E-state index contributed by atoms with van der Waals surface area (Å²) >= 11 is 0. The van der Waals surface area contributed by atoms with Crippen molar-refractivity contribution in [3.8, 4) is 0 Å². The lowest BCUT2D eigenvalue weighted by Crippen LogP contribution is -2.38. The van der Waals surface area contributed by atoms with Crippen molar-refractivity contribution in [2.24, 2.45) is 5.92 Å². The van der Waals surface area contributed by atoms with E-state index in [9.17, 15) is 4.21 Å². The van der Waals surface area contributed by atoms with Gasteiger partial charge in [0.15, 0.2) is 0 Å². The van der Waals surface area contributed by atoms with Gasteiger partial charge in [0.2, 0.25) is 0 Å². The molecule has 18 heavy (non-hydrogen) atoms. The molecule has 4 heteroatoms. The van der Waals surface area contributed by atoms with Crippen molar-refractivity contribution in [1.29, 1.82) is 0 Å². The Hall–Kier alpha value is -0.710. The molecule has 0 spiro atoms. The van der Waals surface area contributed by atoms with Crippen molar-refractivity contribution in [1.82, 2.24) is 5.32 Å². The predicted molar refractivity (Wildman–Crippen MR) is 74.2 cm³/mol. The van der Waals surface area contributed by atoms with E-state index in [1.165, 1.54) is 0 Å². The Labute approximate surface area is 111 Å². The fourth-order valence-electron chi connectivity index (χ4n) is 2.34. The third-order valence-electron chi connectivity index (χ3n) is 3.49. The average molecular weight is 267 g/mol. The molecule has 0 aromatic heterocycles. The van der Waals surface area contributed by atoms with Crippen molar-refractivity contribution < 1.29 is 8.95 Å². The van der Waals surface area contributed by atoms with Gasteiger partial charge in [0, 0.05) is 29.2 Å². The molecule has 0 radical (unpaired) electrons. The standard InChI is InChI=1S/C14H21NO2S/c1-11-4-3-5-13(8-11)18(16)10-14(15-2)12-6-7-17-9-12/h3-5,8,12,14-15H,6-7,9-10H2,1-2H3. The summed E-state index contributed by atoms with van der Waals surface area (Å²) < 4.78 is 17.8. The summed E-state index contributed by atoms with van der Waals surface area (Å²) in [5.41, 5.74) is 1.16. The zero-order valence-electron chi connectivity index (χ0n) is 11.0. The van der Waals surface area contributed by atoms with Gasteiger partial charge >= 0.3 is 0 Å². The first-order valence-corrected chi connectivity index (χ1v) is 7.72. The number of hydrogen-bond donors (Lipinski definition) is 1. The van der Waals surface area contributed by atoms with Crippen molar-refractivity contribution in [2.45, 2.75) is 24.3 Å². The van der Waals surface area contributed by atoms with Crippen LogP contribution in [0.1, 0.15) is 12.0 Å². The Morgan fingerprint density at radius 2 is 2.39 bits per heavy atom. The Bertz CT molecular complexity index is 416. The van der Waals surface area contributed by atoms with Gasteiger partial charge < -0.3 is 10.1 Å². The van der Waals surface area contributed by atoms with Crippen LogP contribution in [0.5, 0.6) is 0 Å². The number of hydrogen-bond acceptors (Lipinski definition) is 3. The van der Waals surface area contributed by atoms with Crippen LogP contribution in [0.25, 0.3) is 0 Å². The van der Waals surface area contributed by atoms with Crippen molar-refractivity contribution in [3.63, 3.8) is 0 Å². The second kappa shape index (κ2) is 6.45. The van der Waals surface area contributed by atoms with Crippen LogP contribution in [0.15, 0.2) is 29.2 Å². The maximum atomic E-state index is 12.4. The van der Waals surface area contributed by atoms with Crippen molar-refractivity contribution in [2.75, 3.05) is 26.0 Å². The van der Waals surface area contributed by atoms with Crippen LogP contribution >= 0.6 is 0 Å². The molecule has 0 saturated carbocycles. The highest BCUT2D eigenvalue weighted by Gasteiger charge is 2.26. The van der Waals surface area contributed by atoms with Gasteiger partial charge in [-0.1, -0.05) is 12.1 Å². The van der Waals surface area contributed by atoms with E-state index in [2.05, 4.69) is 5.32 Å². The fraction of sp³-hybridized carbons (Fsp3) is 0.571. The van der Waals surface area contributed by atoms with Crippen LogP contribution in [0, 0.1) is 12.8 Å². The minimum Gasteiger partial charge on any atom is -0.381 e. The predicted octanol–water partition coefficient (Wildman–Crippen LogP) is 1.73. The van der Waals surface area contributed by atoms with E-state index in [1.807, 2.05) is 38.2 Å². The maximum absolute atomic E-state index is 12.4. The van der Waals surface area contributed by atoms with E-state index in [-0.39, 0.29) is 6.04 Å². The molecule has 1 saturated heterocycles. The third kappa shape index (κ3) is 3.40. The zero-order chi connectivity index (χ0) is 13.0. The fourth-order valence-corrected chi connectivity index (χ4v) is 3.85. The summed E-state index contributed by atoms with van der Waals surface area (Å²) in [5, 5.41) is 3.29. The number of aryl methyl sites for hydroxylation is 1. The Morgan fingerprint density at radius 1 is 1.56 bits per heavy atom. The minimum atomic E-state index is -0.938. The number of nitrogens with one attached hydrogen (secondary N) is 1. The largest absolute Gasteiger partial charge is 0.381 e. The van der Waals surface area contributed by atoms with Gasteiger partial charge in [-0.05, 0) is 38.1 Å². The van der Waals surface area contributed by atoms with Gasteiger partial charge in [-0.25, -0.2) is 0 Å². The van der Waals surface area contributed by atoms with Crippen molar-refractivity contribution >= 4 is 10.8 Å². The first kappa shape index (κ1) is 13.7. The molecule has 1 fully saturated rings. The number of rotatable bonds is 5. The Kier molecular flexibility index (Phi) is 4.92. The second-order valence-corrected chi connectivity index (χ2v) is 6.34. The minimum absolute atomic E-state index is 0.272. The van der Waals surface area contributed by atoms with Crippen LogP contribution in [0.2, 0.25) is 0 Å². The van der Waals surface area contributed by atoms with Gasteiger partial charge in [0.1, 0.15) is 0 Å². The van der Waals surface area contributed by atoms with E-state index < -0.39 is 10.8 Å².